The molecule has 0 spiro atoms. The highest BCUT2D eigenvalue weighted by Gasteiger charge is 2.17. The first-order valence-corrected chi connectivity index (χ1v) is 7.34. The molecule has 1 heterocycles. The van der Waals surface area contributed by atoms with Gasteiger partial charge in [-0.05, 0) is 64.9 Å². The second-order valence-corrected chi connectivity index (χ2v) is 5.87. The molecule has 1 aromatic heterocycles. The molecule has 3 rings (SSSR count). The van der Waals surface area contributed by atoms with Gasteiger partial charge in [-0.1, -0.05) is 18.2 Å². The Balaban J connectivity index is 2.08. The maximum absolute atomic E-state index is 13.2. The molecule has 3 aromatic rings. The van der Waals surface area contributed by atoms with Crippen LogP contribution < -0.4 is 5.73 Å². The maximum Gasteiger partial charge on any atom is 0.134 e. The average molecular weight is 381 g/mol. The molecule has 4 heteroatoms. The van der Waals surface area contributed by atoms with Gasteiger partial charge in [0.25, 0.3) is 0 Å². The zero-order chi connectivity index (χ0) is 14.3. The van der Waals surface area contributed by atoms with Crippen LogP contribution in [0.25, 0.3) is 11.0 Å². The summed E-state index contributed by atoms with van der Waals surface area (Å²) in [5, 5.41) is 0.734. The third-order valence-electron chi connectivity index (χ3n) is 3.36. The molecular weight excluding hydrogens is 368 g/mol. The van der Waals surface area contributed by atoms with Crippen molar-refractivity contribution in [3.8, 4) is 0 Å². The molecule has 0 bridgehead atoms. The summed E-state index contributed by atoms with van der Waals surface area (Å²) in [6.07, 6.45) is 0. The minimum atomic E-state index is -0.350. The number of benzene rings is 2. The Hall–Kier alpha value is -1.40. The fourth-order valence-electron chi connectivity index (χ4n) is 2.25. The van der Waals surface area contributed by atoms with E-state index in [1.165, 1.54) is 17.7 Å². The highest BCUT2D eigenvalue weighted by Crippen LogP contribution is 2.30. The third kappa shape index (κ3) is 2.33. The fraction of sp³-hybridized carbons (Fsp3) is 0.125. The number of rotatable bonds is 2. The fourth-order valence-corrected chi connectivity index (χ4v) is 2.95. The molecule has 0 radical (unpaired) electrons. The van der Waals surface area contributed by atoms with Crippen LogP contribution in [0, 0.1) is 16.3 Å². The van der Waals surface area contributed by atoms with E-state index >= 15 is 0 Å². The SMILES string of the molecule is Cc1cccc(C(N)c2cc3cc(F)ccc3o2)c1I. The van der Waals surface area contributed by atoms with Crippen molar-refractivity contribution in [2.45, 2.75) is 13.0 Å². The Kier molecular flexibility index (Phi) is 3.52. The van der Waals surface area contributed by atoms with Gasteiger partial charge >= 0.3 is 0 Å². The van der Waals surface area contributed by atoms with Crippen LogP contribution in [0.2, 0.25) is 0 Å². The smallest absolute Gasteiger partial charge is 0.134 e. The lowest BCUT2D eigenvalue weighted by molar-refractivity contribution is 0.523. The largest absolute Gasteiger partial charge is 0.459 e. The van der Waals surface area contributed by atoms with Crippen LogP contribution in [0.4, 0.5) is 4.39 Å². The van der Waals surface area contributed by atoms with Gasteiger partial charge < -0.3 is 10.2 Å². The molecule has 2 nitrogen and oxygen atoms in total. The van der Waals surface area contributed by atoms with Crippen molar-refractivity contribution in [2.75, 3.05) is 0 Å². The van der Waals surface area contributed by atoms with Crippen molar-refractivity contribution in [1.82, 2.24) is 0 Å². The quantitative estimate of drug-likeness (QED) is 0.663. The van der Waals surface area contributed by atoms with Gasteiger partial charge in [-0.2, -0.15) is 0 Å². The highest BCUT2D eigenvalue weighted by molar-refractivity contribution is 14.1. The van der Waals surface area contributed by atoms with Crippen LogP contribution in [-0.2, 0) is 0 Å². The maximum atomic E-state index is 13.2. The Labute approximate surface area is 129 Å². The van der Waals surface area contributed by atoms with Gasteiger partial charge in [0.1, 0.15) is 17.2 Å². The normalized spacial score (nSPS) is 12.8. The minimum Gasteiger partial charge on any atom is -0.459 e. The van der Waals surface area contributed by atoms with Gasteiger partial charge in [-0.25, -0.2) is 4.39 Å². The number of hydrogen-bond donors (Lipinski definition) is 1. The molecule has 0 fully saturated rings. The number of nitrogens with two attached hydrogens (primary N) is 1. The van der Waals surface area contributed by atoms with Gasteiger partial charge in [0.05, 0.1) is 6.04 Å². The van der Waals surface area contributed by atoms with Crippen molar-refractivity contribution in [3.63, 3.8) is 0 Å². The highest BCUT2D eigenvalue weighted by atomic mass is 127. The van der Waals surface area contributed by atoms with Crippen molar-refractivity contribution in [2.24, 2.45) is 5.73 Å². The zero-order valence-corrected chi connectivity index (χ0v) is 13.0. The molecule has 0 aliphatic carbocycles. The Bertz CT molecular complexity index is 781. The number of hydrogen-bond acceptors (Lipinski definition) is 2. The summed E-state index contributed by atoms with van der Waals surface area (Å²) in [5.74, 6) is 0.373. The predicted molar refractivity (Wildman–Crippen MR) is 86.1 cm³/mol. The summed E-state index contributed by atoms with van der Waals surface area (Å²) >= 11 is 2.29. The minimum absolute atomic E-state index is 0.274. The lowest BCUT2D eigenvalue weighted by Gasteiger charge is -2.12. The molecule has 2 aromatic carbocycles. The van der Waals surface area contributed by atoms with Gasteiger partial charge in [-0.15, -0.1) is 0 Å². The topological polar surface area (TPSA) is 39.2 Å². The molecule has 2 N–H and O–H groups in total. The molecule has 0 saturated heterocycles. The summed E-state index contributed by atoms with van der Waals surface area (Å²) in [6.45, 7) is 2.05. The first-order valence-electron chi connectivity index (χ1n) is 6.26. The van der Waals surface area contributed by atoms with Gasteiger partial charge in [0.2, 0.25) is 0 Å². The van der Waals surface area contributed by atoms with Crippen LogP contribution in [0.1, 0.15) is 22.9 Å². The monoisotopic (exact) mass is 381 g/mol. The molecule has 102 valence electrons. The number of furan rings is 1. The first-order chi connectivity index (χ1) is 9.56. The zero-order valence-electron chi connectivity index (χ0n) is 10.9. The van der Waals surface area contributed by atoms with Crippen molar-refractivity contribution >= 4 is 33.6 Å². The van der Waals surface area contributed by atoms with E-state index in [9.17, 15) is 4.39 Å². The second kappa shape index (κ2) is 5.18. The van der Waals surface area contributed by atoms with E-state index in [1.54, 1.807) is 6.07 Å². The van der Waals surface area contributed by atoms with E-state index in [1.807, 2.05) is 31.2 Å². The van der Waals surface area contributed by atoms with E-state index in [4.69, 9.17) is 10.2 Å². The summed E-state index contributed by atoms with van der Waals surface area (Å²) in [6, 6.07) is 11.9. The predicted octanol–water partition coefficient (Wildman–Crippen LogP) is 4.53. The van der Waals surface area contributed by atoms with Gasteiger partial charge in [-0.3, -0.25) is 0 Å². The van der Waals surface area contributed by atoms with Crippen LogP contribution >= 0.6 is 22.6 Å². The van der Waals surface area contributed by atoms with Crippen LogP contribution in [-0.4, -0.2) is 0 Å². The van der Waals surface area contributed by atoms with Gasteiger partial charge in [0.15, 0.2) is 0 Å². The van der Waals surface area contributed by atoms with E-state index in [0.717, 1.165) is 14.5 Å². The first kappa shape index (κ1) is 13.6. The van der Waals surface area contributed by atoms with Crippen molar-refractivity contribution < 1.29 is 8.81 Å². The molecular formula is C16H13FINO. The molecule has 1 unspecified atom stereocenters. The van der Waals surface area contributed by atoms with E-state index in [-0.39, 0.29) is 11.9 Å². The van der Waals surface area contributed by atoms with E-state index in [0.29, 0.717) is 11.3 Å². The van der Waals surface area contributed by atoms with Crippen LogP contribution in [0.5, 0.6) is 0 Å². The molecule has 20 heavy (non-hydrogen) atoms. The summed E-state index contributed by atoms with van der Waals surface area (Å²) in [4.78, 5) is 0. The molecule has 0 aliphatic heterocycles. The lowest BCUT2D eigenvalue weighted by Crippen LogP contribution is -2.12. The van der Waals surface area contributed by atoms with E-state index in [2.05, 4.69) is 22.6 Å². The molecule has 0 saturated carbocycles. The standard InChI is InChI=1S/C16H13FINO/c1-9-3-2-4-12(15(9)18)16(19)14-8-10-7-11(17)5-6-13(10)20-14/h2-8,16H,19H2,1H3. The van der Waals surface area contributed by atoms with Gasteiger partial charge in [0, 0.05) is 8.96 Å². The Morgan fingerprint density at radius 3 is 2.80 bits per heavy atom. The van der Waals surface area contributed by atoms with Crippen LogP contribution in [0.3, 0.4) is 0 Å². The van der Waals surface area contributed by atoms with Crippen molar-refractivity contribution in [3.05, 3.63) is 68.7 Å². The number of fused-ring (bicyclic) bond motifs is 1. The lowest BCUT2D eigenvalue weighted by atomic mass is 10.0. The Morgan fingerprint density at radius 2 is 2.00 bits per heavy atom. The molecule has 1 atom stereocenters. The number of aryl methyl sites for hydroxylation is 1. The third-order valence-corrected chi connectivity index (χ3v) is 4.83. The van der Waals surface area contributed by atoms with Crippen LogP contribution in [0.15, 0.2) is 46.9 Å². The van der Waals surface area contributed by atoms with Crippen molar-refractivity contribution in [1.29, 1.82) is 0 Å². The summed E-state index contributed by atoms with van der Waals surface area (Å²) < 4.78 is 20.1. The molecule has 0 aliphatic rings. The number of halogens is 2. The summed E-state index contributed by atoms with van der Waals surface area (Å²) in [5.41, 5.74) is 9.15. The average Bonchev–Trinajstić information content (AvgIpc) is 2.84. The van der Waals surface area contributed by atoms with E-state index < -0.39 is 0 Å². The Morgan fingerprint density at radius 1 is 1.20 bits per heavy atom. The second-order valence-electron chi connectivity index (χ2n) is 4.79. The molecule has 0 amide bonds. The summed E-state index contributed by atoms with van der Waals surface area (Å²) in [7, 11) is 0.